The van der Waals surface area contributed by atoms with Crippen LogP contribution in [0.25, 0.3) is 0 Å². The van der Waals surface area contributed by atoms with Crippen LogP contribution in [0.15, 0.2) is 90.0 Å². The van der Waals surface area contributed by atoms with Crippen molar-refractivity contribution in [3.05, 3.63) is 107 Å². The van der Waals surface area contributed by atoms with E-state index >= 15 is 0 Å². The van der Waals surface area contributed by atoms with E-state index in [1.54, 1.807) is 61.8 Å². The van der Waals surface area contributed by atoms with Crippen LogP contribution in [-0.4, -0.2) is 26.4 Å². The van der Waals surface area contributed by atoms with Crippen molar-refractivity contribution in [3.8, 4) is 5.75 Å². The summed E-state index contributed by atoms with van der Waals surface area (Å²) in [6, 6.07) is 22.9. The Labute approximate surface area is 228 Å². The number of hydrogen-bond acceptors (Lipinski definition) is 6. The minimum atomic E-state index is -3.67. The van der Waals surface area contributed by atoms with Gasteiger partial charge in [0.15, 0.2) is 5.82 Å². The number of sulfonamides is 1. The van der Waals surface area contributed by atoms with Gasteiger partial charge in [-0.3, -0.25) is 4.79 Å². The van der Waals surface area contributed by atoms with Gasteiger partial charge in [0.2, 0.25) is 10.0 Å². The molecule has 3 aromatic carbocycles. The maximum Gasteiger partial charge on any atom is 0.255 e. The van der Waals surface area contributed by atoms with Crippen molar-refractivity contribution in [1.82, 2.24) is 9.71 Å². The SMILES string of the molecule is CCc1ccc(S(=O)(=O)NC2CCc3ccc(Nc4ncccc4NC(=O)c4ccc(OC)cc4)cc32)cc1. The Morgan fingerprint density at radius 2 is 1.79 bits per heavy atom. The van der Waals surface area contributed by atoms with Gasteiger partial charge in [-0.25, -0.2) is 18.1 Å². The molecule has 1 unspecified atom stereocenters. The van der Waals surface area contributed by atoms with Gasteiger partial charge in [0, 0.05) is 23.5 Å². The number of aromatic nitrogens is 1. The van der Waals surface area contributed by atoms with Crippen LogP contribution in [-0.2, 0) is 22.9 Å². The highest BCUT2D eigenvalue weighted by Crippen LogP contribution is 2.35. The summed E-state index contributed by atoms with van der Waals surface area (Å²) in [4.78, 5) is 17.5. The third-order valence-corrected chi connectivity index (χ3v) is 8.32. The van der Waals surface area contributed by atoms with Crippen LogP contribution >= 0.6 is 0 Å². The highest BCUT2D eigenvalue weighted by molar-refractivity contribution is 7.89. The summed E-state index contributed by atoms with van der Waals surface area (Å²) in [5.41, 5.74) is 4.86. The predicted molar refractivity (Wildman–Crippen MR) is 152 cm³/mol. The van der Waals surface area contributed by atoms with E-state index in [9.17, 15) is 13.2 Å². The van der Waals surface area contributed by atoms with Crippen molar-refractivity contribution in [3.63, 3.8) is 0 Å². The number of carbonyl (C=O) groups is 1. The van der Waals surface area contributed by atoms with E-state index in [-0.39, 0.29) is 16.8 Å². The molecule has 0 fully saturated rings. The van der Waals surface area contributed by atoms with E-state index < -0.39 is 10.0 Å². The lowest BCUT2D eigenvalue weighted by Gasteiger charge is -2.17. The second-order valence-corrected chi connectivity index (χ2v) is 11.0. The summed E-state index contributed by atoms with van der Waals surface area (Å²) in [5.74, 6) is 0.872. The standard InChI is InChI=1S/C30H30N4O4S/c1-3-20-6-15-25(16-7-20)39(36,37)34-27-17-11-21-8-12-23(19-26(21)27)32-29-28(5-4-18-31-29)33-30(35)22-9-13-24(38-2)14-10-22/h4-10,12-16,18-19,27,34H,3,11,17H2,1-2H3,(H,31,32)(H,33,35). The third kappa shape index (κ3) is 5.94. The molecule has 5 rings (SSSR count). The zero-order chi connectivity index (χ0) is 27.4. The number of nitrogens with one attached hydrogen (secondary N) is 3. The molecule has 0 saturated carbocycles. The number of rotatable bonds is 9. The number of aryl methyl sites for hydroxylation is 2. The Kier molecular flexibility index (Phi) is 7.63. The summed E-state index contributed by atoms with van der Waals surface area (Å²) >= 11 is 0. The smallest absolute Gasteiger partial charge is 0.255 e. The summed E-state index contributed by atoms with van der Waals surface area (Å²) in [6.45, 7) is 2.03. The molecular weight excluding hydrogens is 512 g/mol. The maximum absolute atomic E-state index is 13.1. The van der Waals surface area contributed by atoms with E-state index in [4.69, 9.17) is 4.74 Å². The van der Waals surface area contributed by atoms with Crippen LogP contribution in [0.3, 0.4) is 0 Å². The van der Waals surface area contributed by atoms with Crippen LogP contribution < -0.4 is 20.1 Å². The first kappa shape index (κ1) is 26.4. The molecule has 0 bridgehead atoms. The molecule has 0 saturated heterocycles. The molecule has 1 atom stereocenters. The molecule has 1 heterocycles. The van der Waals surface area contributed by atoms with Gasteiger partial charge in [0.05, 0.1) is 17.7 Å². The Morgan fingerprint density at radius 1 is 1.03 bits per heavy atom. The van der Waals surface area contributed by atoms with Gasteiger partial charge in [-0.15, -0.1) is 0 Å². The van der Waals surface area contributed by atoms with E-state index in [0.717, 1.165) is 35.2 Å². The zero-order valence-electron chi connectivity index (χ0n) is 21.8. The summed E-state index contributed by atoms with van der Waals surface area (Å²) < 4.78 is 34.2. The number of nitrogens with zero attached hydrogens (tertiary/aromatic N) is 1. The topological polar surface area (TPSA) is 109 Å². The van der Waals surface area contributed by atoms with Gasteiger partial charge in [-0.05, 0) is 96.6 Å². The number of hydrogen-bond donors (Lipinski definition) is 3. The first-order valence-electron chi connectivity index (χ1n) is 12.8. The monoisotopic (exact) mass is 542 g/mol. The lowest BCUT2D eigenvalue weighted by molar-refractivity contribution is 0.102. The summed E-state index contributed by atoms with van der Waals surface area (Å²) in [5, 5.41) is 6.19. The number of pyridine rings is 1. The molecule has 1 aromatic heterocycles. The molecule has 0 aliphatic heterocycles. The fourth-order valence-electron chi connectivity index (χ4n) is 4.64. The van der Waals surface area contributed by atoms with E-state index in [2.05, 4.69) is 20.3 Å². The van der Waals surface area contributed by atoms with Crippen molar-refractivity contribution < 1.29 is 17.9 Å². The van der Waals surface area contributed by atoms with Gasteiger partial charge < -0.3 is 15.4 Å². The van der Waals surface area contributed by atoms with E-state index in [1.807, 2.05) is 37.3 Å². The van der Waals surface area contributed by atoms with Crippen LogP contribution in [0.1, 0.15) is 46.4 Å². The Bertz CT molecular complexity index is 1590. The third-order valence-electron chi connectivity index (χ3n) is 6.83. The van der Waals surface area contributed by atoms with Gasteiger partial charge in [-0.2, -0.15) is 0 Å². The first-order valence-corrected chi connectivity index (χ1v) is 14.3. The normalized spacial score (nSPS) is 14.5. The van der Waals surface area contributed by atoms with Gasteiger partial charge >= 0.3 is 0 Å². The average Bonchev–Trinajstić information content (AvgIpc) is 3.35. The zero-order valence-corrected chi connectivity index (χ0v) is 22.6. The summed E-state index contributed by atoms with van der Waals surface area (Å²) in [7, 11) is -2.10. The van der Waals surface area contributed by atoms with E-state index in [1.165, 1.54) is 0 Å². The van der Waals surface area contributed by atoms with Crippen LogP contribution in [0.2, 0.25) is 0 Å². The lowest BCUT2D eigenvalue weighted by atomic mass is 10.1. The van der Waals surface area contributed by atoms with E-state index in [0.29, 0.717) is 29.2 Å². The number of carbonyl (C=O) groups excluding carboxylic acids is 1. The number of anilines is 3. The molecule has 39 heavy (non-hydrogen) atoms. The molecular formula is C30H30N4O4S. The minimum Gasteiger partial charge on any atom is -0.497 e. The molecule has 1 aliphatic rings. The molecule has 4 aromatic rings. The highest BCUT2D eigenvalue weighted by Gasteiger charge is 2.28. The van der Waals surface area contributed by atoms with Crippen LogP contribution in [0.4, 0.5) is 17.2 Å². The molecule has 0 spiro atoms. The molecule has 8 nitrogen and oxygen atoms in total. The predicted octanol–water partition coefficient (Wildman–Crippen LogP) is 5.61. The first-order chi connectivity index (χ1) is 18.9. The quantitative estimate of drug-likeness (QED) is 0.254. The minimum absolute atomic E-state index is 0.258. The van der Waals surface area contributed by atoms with Crippen molar-refractivity contribution in [2.75, 3.05) is 17.7 Å². The summed E-state index contributed by atoms with van der Waals surface area (Å²) in [6.07, 6.45) is 3.95. The fraction of sp³-hybridized carbons (Fsp3) is 0.200. The second-order valence-electron chi connectivity index (χ2n) is 9.33. The highest BCUT2D eigenvalue weighted by atomic mass is 32.2. The van der Waals surface area contributed by atoms with Crippen LogP contribution in [0, 0.1) is 0 Å². The Balaban J connectivity index is 1.33. The number of methoxy groups -OCH3 is 1. The van der Waals surface area contributed by atoms with Crippen molar-refractivity contribution >= 4 is 33.1 Å². The van der Waals surface area contributed by atoms with Gasteiger partial charge in [0.1, 0.15) is 5.75 Å². The molecule has 1 amide bonds. The second kappa shape index (κ2) is 11.3. The molecule has 1 aliphatic carbocycles. The number of benzene rings is 3. The Morgan fingerprint density at radius 3 is 2.51 bits per heavy atom. The van der Waals surface area contributed by atoms with Crippen molar-refractivity contribution in [2.45, 2.75) is 37.1 Å². The fourth-order valence-corrected chi connectivity index (χ4v) is 5.89. The molecule has 200 valence electrons. The molecule has 3 N–H and O–H groups in total. The van der Waals surface area contributed by atoms with Crippen molar-refractivity contribution in [1.29, 1.82) is 0 Å². The largest absolute Gasteiger partial charge is 0.497 e. The van der Waals surface area contributed by atoms with Crippen LogP contribution in [0.5, 0.6) is 5.75 Å². The molecule has 9 heteroatoms. The lowest BCUT2D eigenvalue weighted by Crippen LogP contribution is -2.27. The number of amides is 1. The van der Waals surface area contributed by atoms with Gasteiger partial charge in [-0.1, -0.05) is 25.1 Å². The Hall–Kier alpha value is -4.21. The maximum atomic E-state index is 13.1. The average molecular weight is 543 g/mol. The van der Waals surface area contributed by atoms with Gasteiger partial charge in [0.25, 0.3) is 5.91 Å². The van der Waals surface area contributed by atoms with Crippen molar-refractivity contribution in [2.24, 2.45) is 0 Å². The molecule has 0 radical (unpaired) electrons. The number of fused-ring (bicyclic) bond motifs is 1. The number of ether oxygens (including phenoxy) is 1.